The van der Waals surface area contributed by atoms with Crippen LogP contribution in [0.4, 0.5) is 5.69 Å². The largest absolute Gasteiger partial charge is 0.339 e. The second kappa shape index (κ2) is 8.74. The minimum Gasteiger partial charge on any atom is -0.339 e. The average Bonchev–Trinajstić information content (AvgIpc) is 3.01. The Kier molecular flexibility index (Phi) is 6.58. The molecule has 6 heteroatoms. The fraction of sp³-hybridized carbons (Fsp3) is 0.619. The third kappa shape index (κ3) is 4.72. The van der Waals surface area contributed by atoms with Crippen molar-refractivity contribution in [3.63, 3.8) is 0 Å². The summed E-state index contributed by atoms with van der Waals surface area (Å²) in [6.07, 6.45) is 2.59. The number of halogens is 1. The van der Waals surface area contributed by atoms with Gasteiger partial charge in [0.05, 0.1) is 0 Å². The van der Waals surface area contributed by atoms with E-state index in [0.717, 1.165) is 42.6 Å². The molecule has 1 unspecified atom stereocenters. The lowest BCUT2D eigenvalue weighted by molar-refractivity contribution is -0.143. The lowest BCUT2D eigenvalue weighted by atomic mass is 9.98. The average molecular weight is 436 g/mol. The number of likely N-dealkylation sites (tertiary alicyclic amines) is 1. The second-order valence-electron chi connectivity index (χ2n) is 8.23. The maximum Gasteiger partial charge on any atom is 0.239 e. The van der Waals surface area contributed by atoms with Crippen molar-refractivity contribution in [3.05, 3.63) is 28.7 Å². The highest BCUT2D eigenvalue weighted by molar-refractivity contribution is 9.10. The Morgan fingerprint density at radius 1 is 1.22 bits per heavy atom. The van der Waals surface area contributed by atoms with E-state index in [4.69, 9.17) is 0 Å². The first kappa shape index (κ1) is 20.3. The molecule has 1 aromatic carbocycles. The van der Waals surface area contributed by atoms with Gasteiger partial charge in [0.1, 0.15) is 5.92 Å². The molecule has 1 atom stereocenters. The van der Waals surface area contributed by atoms with Crippen molar-refractivity contribution in [2.75, 3.05) is 38.1 Å². The van der Waals surface area contributed by atoms with Crippen LogP contribution >= 0.6 is 15.9 Å². The molecule has 148 valence electrons. The molecule has 1 aromatic rings. The third-order valence-electron chi connectivity index (χ3n) is 5.60. The zero-order valence-electron chi connectivity index (χ0n) is 16.5. The maximum absolute atomic E-state index is 13.4. The van der Waals surface area contributed by atoms with Crippen molar-refractivity contribution in [1.29, 1.82) is 0 Å². The van der Waals surface area contributed by atoms with Gasteiger partial charge < -0.3 is 14.7 Å². The molecule has 2 fully saturated rings. The summed E-state index contributed by atoms with van der Waals surface area (Å²) in [7, 11) is 2.13. The molecule has 0 spiro atoms. The Bertz CT molecular complexity index is 686. The Morgan fingerprint density at radius 2 is 1.93 bits per heavy atom. The summed E-state index contributed by atoms with van der Waals surface area (Å²) in [6.45, 7) is 7.63. The first-order chi connectivity index (χ1) is 12.9. The van der Waals surface area contributed by atoms with Gasteiger partial charge in [-0.2, -0.15) is 0 Å². The van der Waals surface area contributed by atoms with Gasteiger partial charge in [0.2, 0.25) is 11.8 Å². The van der Waals surface area contributed by atoms with E-state index in [0.29, 0.717) is 18.9 Å². The molecule has 2 heterocycles. The van der Waals surface area contributed by atoms with Gasteiger partial charge in [-0.15, -0.1) is 0 Å². The van der Waals surface area contributed by atoms with Gasteiger partial charge in [0.25, 0.3) is 0 Å². The van der Waals surface area contributed by atoms with Crippen LogP contribution in [-0.4, -0.2) is 60.9 Å². The van der Waals surface area contributed by atoms with Crippen molar-refractivity contribution in [1.82, 2.24) is 9.80 Å². The van der Waals surface area contributed by atoms with E-state index in [1.165, 1.54) is 0 Å². The Morgan fingerprint density at radius 3 is 2.56 bits per heavy atom. The van der Waals surface area contributed by atoms with Gasteiger partial charge in [-0.25, -0.2) is 0 Å². The molecular formula is C21H30BrN3O2. The molecule has 2 saturated heterocycles. The normalized spacial score (nSPS) is 21.9. The van der Waals surface area contributed by atoms with Gasteiger partial charge >= 0.3 is 0 Å². The van der Waals surface area contributed by atoms with Crippen LogP contribution in [0.5, 0.6) is 0 Å². The highest BCUT2D eigenvalue weighted by Crippen LogP contribution is 2.30. The first-order valence-corrected chi connectivity index (χ1v) is 10.7. The van der Waals surface area contributed by atoms with Crippen LogP contribution in [0, 0.1) is 11.8 Å². The zero-order valence-corrected chi connectivity index (χ0v) is 18.1. The lowest BCUT2D eigenvalue weighted by Gasteiger charge is -2.39. The van der Waals surface area contributed by atoms with E-state index in [2.05, 4.69) is 41.7 Å². The Labute approximate surface area is 170 Å². The fourth-order valence-electron chi connectivity index (χ4n) is 4.13. The number of carbonyl (C=O) groups excluding carboxylic acids is 2. The number of benzene rings is 1. The molecule has 2 amide bonds. The summed E-state index contributed by atoms with van der Waals surface area (Å²) >= 11 is 3.46. The molecule has 2 aliphatic heterocycles. The summed E-state index contributed by atoms with van der Waals surface area (Å²) in [4.78, 5) is 32.5. The molecule has 2 aliphatic rings. The van der Waals surface area contributed by atoms with E-state index < -0.39 is 5.92 Å². The summed E-state index contributed by atoms with van der Waals surface area (Å²) in [5, 5.41) is 0. The van der Waals surface area contributed by atoms with Crippen molar-refractivity contribution < 1.29 is 9.59 Å². The summed E-state index contributed by atoms with van der Waals surface area (Å²) < 4.78 is 0.940. The van der Waals surface area contributed by atoms with Crippen molar-refractivity contribution in [2.24, 2.45) is 11.8 Å². The molecule has 0 bridgehead atoms. The molecule has 0 aromatic heterocycles. The number of nitrogens with zero attached hydrogens (tertiary/aromatic N) is 3. The van der Waals surface area contributed by atoms with Gasteiger partial charge in [-0.3, -0.25) is 9.59 Å². The number of rotatable bonds is 5. The second-order valence-corrected chi connectivity index (χ2v) is 9.15. The van der Waals surface area contributed by atoms with Gasteiger partial charge in [-0.1, -0.05) is 35.8 Å². The van der Waals surface area contributed by atoms with Gasteiger partial charge in [0.15, 0.2) is 0 Å². The maximum atomic E-state index is 13.4. The van der Waals surface area contributed by atoms with E-state index in [-0.39, 0.29) is 17.9 Å². The molecule has 0 radical (unpaired) electrons. The van der Waals surface area contributed by atoms with Crippen molar-refractivity contribution in [2.45, 2.75) is 39.2 Å². The standard InChI is InChI=1S/C21H30BrN3O2/c1-15(2)14-25(17-7-10-23(3)11-8-17)21(27)19-9-12-24(20(19)26)18-6-4-5-16(22)13-18/h4-6,13,15,17,19H,7-12,14H2,1-3H3. The smallest absolute Gasteiger partial charge is 0.239 e. The number of hydrogen-bond donors (Lipinski definition) is 0. The van der Waals surface area contributed by atoms with Crippen molar-refractivity contribution >= 4 is 33.4 Å². The minimum absolute atomic E-state index is 0.0285. The highest BCUT2D eigenvalue weighted by Gasteiger charge is 2.41. The summed E-state index contributed by atoms with van der Waals surface area (Å²) in [5.41, 5.74) is 0.861. The number of carbonyl (C=O) groups is 2. The number of hydrogen-bond acceptors (Lipinski definition) is 3. The van der Waals surface area contributed by atoms with Crippen LogP contribution in [0.1, 0.15) is 33.1 Å². The van der Waals surface area contributed by atoms with Crippen LogP contribution in [0.2, 0.25) is 0 Å². The quantitative estimate of drug-likeness (QED) is 0.665. The van der Waals surface area contributed by atoms with Crippen LogP contribution in [0.15, 0.2) is 28.7 Å². The molecular weight excluding hydrogens is 406 g/mol. The number of piperidine rings is 1. The van der Waals surface area contributed by atoms with Crippen LogP contribution in [-0.2, 0) is 9.59 Å². The molecule has 0 saturated carbocycles. The minimum atomic E-state index is -0.539. The topological polar surface area (TPSA) is 43.9 Å². The van der Waals surface area contributed by atoms with Crippen LogP contribution in [0.25, 0.3) is 0 Å². The van der Waals surface area contributed by atoms with Crippen LogP contribution < -0.4 is 4.90 Å². The number of anilines is 1. The highest BCUT2D eigenvalue weighted by atomic mass is 79.9. The SMILES string of the molecule is CC(C)CN(C(=O)C1CCN(c2cccc(Br)c2)C1=O)C1CCN(C)CC1. The summed E-state index contributed by atoms with van der Waals surface area (Å²) in [6, 6.07) is 7.98. The monoisotopic (exact) mass is 435 g/mol. The van der Waals surface area contributed by atoms with Gasteiger partial charge in [-0.05, 0) is 63.5 Å². The third-order valence-corrected chi connectivity index (χ3v) is 6.09. The van der Waals surface area contributed by atoms with E-state index in [1.54, 1.807) is 4.90 Å². The Balaban J connectivity index is 1.74. The van der Waals surface area contributed by atoms with Crippen molar-refractivity contribution in [3.8, 4) is 0 Å². The predicted octanol–water partition coefficient (Wildman–Crippen LogP) is 3.38. The molecule has 5 nitrogen and oxygen atoms in total. The van der Waals surface area contributed by atoms with E-state index in [9.17, 15) is 9.59 Å². The fourth-order valence-corrected chi connectivity index (χ4v) is 4.52. The molecule has 0 aliphatic carbocycles. The van der Waals surface area contributed by atoms with E-state index >= 15 is 0 Å². The Hall–Kier alpha value is -1.40. The first-order valence-electron chi connectivity index (χ1n) is 9.92. The predicted molar refractivity (Wildman–Crippen MR) is 112 cm³/mol. The molecule has 27 heavy (non-hydrogen) atoms. The van der Waals surface area contributed by atoms with Crippen LogP contribution in [0.3, 0.4) is 0 Å². The lowest BCUT2D eigenvalue weighted by Crippen LogP contribution is -2.50. The van der Waals surface area contributed by atoms with E-state index in [1.807, 2.05) is 29.2 Å². The summed E-state index contributed by atoms with van der Waals surface area (Å²) in [5.74, 6) is -0.172. The molecule has 3 rings (SSSR count). The van der Waals surface area contributed by atoms with Gasteiger partial charge in [0, 0.05) is 29.3 Å². The number of amides is 2. The zero-order chi connectivity index (χ0) is 19.6. The molecule has 0 N–H and O–H groups in total.